The number of hydrogen-bond donors (Lipinski definition) is 1. The molecule has 6 atom stereocenters. The summed E-state index contributed by atoms with van der Waals surface area (Å²) in [7, 11) is -0.859. The molecule has 0 aromatic heterocycles. The molecule has 8 heteroatoms. The van der Waals surface area contributed by atoms with Crippen LogP contribution in [0.1, 0.15) is 90.0 Å². The summed E-state index contributed by atoms with van der Waals surface area (Å²) in [6.07, 6.45) is 12.1. The van der Waals surface area contributed by atoms with E-state index in [9.17, 15) is 17.8 Å². The molecule has 3 heterocycles. The average Bonchev–Trinajstić information content (AvgIpc) is 3.39. The Morgan fingerprint density at radius 2 is 1.68 bits per heavy atom. The molecule has 4 nitrogen and oxygen atoms in total. The summed E-state index contributed by atoms with van der Waals surface area (Å²) in [5, 5.41) is 0. The number of carbonyl (C=O) groups excluding carboxylic acids is 1. The maximum atomic E-state index is 15.0. The number of nitrogens with one attached hydrogen (secondary N) is 1. The highest BCUT2D eigenvalue weighted by molar-refractivity contribution is 7.84. The number of nitrogens with zero attached hydrogens (tertiary/aromatic N) is 1. The zero-order valence-electron chi connectivity index (χ0n) is 23.4. The van der Waals surface area contributed by atoms with Gasteiger partial charge >= 0.3 is 0 Å². The summed E-state index contributed by atoms with van der Waals surface area (Å²) >= 11 is 0. The summed E-state index contributed by atoms with van der Waals surface area (Å²) in [5.41, 5.74) is 0.483. The molecule has 38 heavy (non-hydrogen) atoms. The standard InChI is InChI=1S/C30H44F2N2O2S.ClH/c1-29(2,3)33-17-25(24-13-10-21(31)14-27(24)32)26(18-33)28(35)34-22-11-12-23(34)16-30(15-22,19-37(4)36)20-8-6-5-7-9-20;/h10,13-14,20,22-23,25-26H,5-9,11-12,15-19H2,1-4H3;1H/t22?,23?,25-,26-,30?,37?;/m0./s1. The highest BCUT2D eigenvalue weighted by Crippen LogP contribution is 2.54. The summed E-state index contributed by atoms with van der Waals surface area (Å²) in [5.74, 6) is -0.157. The van der Waals surface area contributed by atoms with Gasteiger partial charge in [0, 0.05) is 41.0 Å². The van der Waals surface area contributed by atoms with E-state index >= 15 is 0 Å². The molecule has 1 amide bonds. The largest absolute Gasteiger partial charge is 1.00 e. The number of fused-ring (bicyclic) bond motifs is 2. The fourth-order valence-electron chi connectivity index (χ4n) is 8.52. The Kier molecular flexibility index (Phi) is 9.01. The van der Waals surface area contributed by atoms with Crippen molar-refractivity contribution in [1.29, 1.82) is 0 Å². The minimum Gasteiger partial charge on any atom is -1.00 e. The molecule has 2 bridgehead atoms. The molecule has 214 valence electrons. The van der Waals surface area contributed by atoms with Crippen molar-refractivity contribution in [1.82, 2.24) is 4.90 Å². The fourth-order valence-corrected chi connectivity index (χ4v) is 9.80. The van der Waals surface area contributed by atoms with Crippen LogP contribution < -0.4 is 17.3 Å². The minimum atomic E-state index is -0.859. The first-order valence-corrected chi connectivity index (χ1v) is 16.1. The van der Waals surface area contributed by atoms with Crippen LogP contribution in [0.15, 0.2) is 18.2 Å². The Hall–Kier alpha value is -1.05. The number of hydrogen-bond acceptors (Lipinski definition) is 2. The minimum absolute atomic E-state index is 0. The zero-order chi connectivity index (χ0) is 26.5. The molecule has 0 spiro atoms. The Labute approximate surface area is 236 Å². The van der Waals surface area contributed by atoms with Crippen LogP contribution in [0, 0.1) is 28.9 Å². The maximum Gasteiger partial charge on any atom is 0.232 e. The molecule has 1 aromatic rings. The van der Waals surface area contributed by atoms with Crippen molar-refractivity contribution in [3.63, 3.8) is 0 Å². The molecule has 0 radical (unpaired) electrons. The van der Waals surface area contributed by atoms with Gasteiger partial charge < -0.3 is 22.2 Å². The van der Waals surface area contributed by atoms with Crippen LogP contribution in [0.2, 0.25) is 0 Å². The summed E-state index contributed by atoms with van der Waals surface area (Å²) in [6, 6.07) is 4.21. The molecular weight excluding hydrogens is 526 g/mol. The lowest BCUT2D eigenvalue weighted by atomic mass is 9.63. The molecule has 3 saturated heterocycles. The van der Waals surface area contributed by atoms with Crippen LogP contribution >= 0.6 is 0 Å². The average molecular weight is 571 g/mol. The van der Waals surface area contributed by atoms with Crippen LogP contribution in [-0.2, 0) is 15.6 Å². The van der Waals surface area contributed by atoms with Gasteiger partial charge in [-0.15, -0.1) is 0 Å². The molecule has 5 rings (SSSR count). The molecule has 1 aliphatic carbocycles. The quantitative estimate of drug-likeness (QED) is 0.583. The van der Waals surface area contributed by atoms with Gasteiger partial charge in [0.15, 0.2) is 0 Å². The van der Waals surface area contributed by atoms with Gasteiger partial charge in [-0.25, -0.2) is 8.78 Å². The number of piperidine rings is 1. The van der Waals surface area contributed by atoms with Crippen LogP contribution in [0.5, 0.6) is 0 Å². The van der Waals surface area contributed by atoms with E-state index in [0.717, 1.165) is 37.5 Å². The van der Waals surface area contributed by atoms with Gasteiger partial charge in [0.1, 0.15) is 11.6 Å². The second-order valence-corrected chi connectivity index (χ2v) is 15.0. The molecule has 3 aliphatic heterocycles. The number of halogens is 3. The van der Waals surface area contributed by atoms with Crippen molar-refractivity contribution < 1.29 is 35.1 Å². The van der Waals surface area contributed by atoms with Crippen molar-refractivity contribution in [3.8, 4) is 0 Å². The number of benzene rings is 1. The Morgan fingerprint density at radius 1 is 1.05 bits per heavy atom. The third-order valence-electron chi connectivity index (χ3n) is 10.3. The van der Waals surface area contributed by atoms with E-state index in [2.05, 4.69) is 25.7 Å². The molecule has 4 aliphatic rings. The van der Waals surface area contributed by atoms with Gasteiger partial charge in [-0.1, -0.05) is 25.3 Å². The van der Waals surface area contributed by atoms with E-state index in [4.69, 9.17) is 0 Å². The van der Waals surface area contributed by atoms with Crippen LogP contribution in [0.25, 0.3) is 0 Å². The topological polar surface area (TPSA) is 41.8 Å². The van der Waals surface area contributed by atoms with Gasteiger partial charge in [-0.05, 0) is 82.3 Å². The van der Waals surface area contributed by atoms with Crippen molar-refractivity contribution in [2.75, 3.05) is 25.1 Å². The third kappa shape index (κ3) is 5.72. The number of amides is 1. The molecule has 1 aromatic carbocycles. The summed E-state index contributed by atoms with van der Waals surface area (Å²) in [6.45, 7) is 7.85. The predicted molar refractivity (Wildman–Crippen MR) is 144 cm³/mol. The van der Waals surface area contributed by atoms with Gasteiger partial charge in [-0.2, -0.15) is 0 Å². The number of rotatable bonds is 5. The summed E-state index contributed by atoms with van der Waals surface area (Å²) < 4.78 is 41.3. The predicted octanol–water partition coefficient (Wildman–Crippen LogP) is 1.46. The third-order valence-corrected chi connectivity index (χ3v) is 11.3. The van der Waals surface area contributed by atoms with Crippen LogP contribution in [0.4, 0.5) is 8.78 Å². The van der Waals surface area contributed by atoms with E-state index in [-0.39, 0.29) is 53.2 Å². The number of quaternary nitrogens is 1. The zero-order valence-corrected chi connectivity index (χ0v) is 25.0. The first-order chi connectivity index (χ1) is 17.5. The summed E-state index contributed by atoms with van der Waals surface area (Å²) in [4.78, 5) is 17.8. The maximum absolute atomic E-state index is 15.0. The SMILES string of the molecule is CS(=O)CC1(C2CCCCC2)CC2CCC(C1)N2C(=O)[C@H]1C[NH+](C(C)(C)C)C[C@H]1c1ccc(F)cc1F.[Cl-]. The van der Waals surface area contributed by atoms with E-state index in [1.54, 1.807) is 6.07 Å². The monoisotopic (exact) mass is 570 g/mol. The van der Waals surface area contributed by atoms with Gasteiger partial charge in [0.25, 0.3) is 0 Å². The Bertz CT molecular complexity index is 1030. The van der Waals surface area contributed by atoms with Gasteiger partial charge in [-0.3, -0.25) is 9.00 Å². The number of likely N-dealkylation sites (tertiary alicyclic amines) is 1. The van der Waals surface area contributed by atoms with Crippen molar-refractivity contribution >= 4 is 16.7 Å². The highest BCUT2D eigenvalue weighted by Gasteiger charge is 2.56. The lowest BCUT2D eigenvalue weighted by Crippen LogP contribution is -3.17. The molecule has 1 saturated carbocycles. The van der Waals surface area contributed by atoms with E-state index in [1.165, 1.54) is 43.1 Å². The van der Waals surface area contributed by atoms with Crippen molar-refractivity contribution in [2.45, 2.75) is 102 Å². The van der Waals surface area contributed by atoms with E-state index in [1.807, 2.05) is 6.26 Å². The van der Waals surface area contributed by atoms with E-state index < -0.39 is 22.4 Å². The fraction of sp³-hybridized carbons (Fsp3) is 0.767. The normalized spacial score (nSPS) is 34.7. The first kappa shape index (κ1) is 29.9. The second kappa shape index (κ2) is 11.4. The van der Waals surface area contributed by atoms with E-state index in [0.29, 0.717) is 24.6 Å². The first-order valence-electron chi connectivity index (χ1n) is 14.4. The Morgan fingerprint density at radius 3 is 2.24 bits per heavy atom. The Balaban J connectivity index is 0.00000336. The highest BCUT2D eigenvalue weighted by atomic mass is 35.5. The molecule has 4 unspecified atom stereocenters. The van der Waals surface area contributed by atoms with Gasteiger partial charge in [0.2, 0.25) is 5.91 Å². The molecular formula is C30H45ClF2N2O2S. The smallest absolute Gasteiger partial charge is 0.232 e. The second-order valence-electron chi connectivity index (χ2n) is 13.6. The lowest BCUT2D eigenvalue weighted by molar-refractivity contribution is -0.936. The van der Waals surface area contributed by atoms with Crippen LogP contribution in [0.3, 0.4) is 0 Å². The molecule has 1 N–H and O–H groups in total. The van der Waals surface area contributed by atoms with Crippen molar-refractivity contribution in [2.24, 2.45) is 17.3 Å². The van der Waals surface area contributed by atoms with Gasteiger partial charge in [0.05, 0.1) is 30.5 Å². The number of carbonyl (C=O) groups is 1. The lowest BCUT2D eigenvalue weighted by Gasteiger charge is -2.51. The van der Waals surface area contributed by atoms with Crippen LogP contribution in [-0.4, -0.2) is 57.7 Å². The van der Waals surface area contributed by atoms with Crippen molar-refractivity contribution in [3.05, 3.63) is 35.4 Å². The molecule has 4 fully saturated rings.